The zero-order valence-electron chi connectivity index (χ0n) is 13.6. The lowest BCUT2D eigenvalue weighted by atomic mass is 10.3. The van der Waals surface area contributed by atoms with Gasteiger partial charge in [-0.15, -0.1) is 6.58 Å². The van der Waals surface area contributed by atoms with Gasteiger partial charge in [-0.25, -0.2) is 13.6 Å². The third-order valence-corrected chi connectivity index (χ3v) is 5.04. The minimum atomic E-state index is -3.79. The van der Waals surface area contributed by atoms with Crippen molar-refractivity contribution in [2.75, 3.05) is 16.8 Å². The van der Waals surface area contributed by atoms with Gasteiger partial charge in [0.05, 0.1) is 10.6 Å². The van der Waals surface area contributed by atoms with Gasteiger partial charge < -0.3 is 15.6 Å². The van der Waals surface area contributed by atoms with Crippen LogP contribution in [-0.2, 0) is 21.4 Å². The monoisotopic (exact) mass is 395 g/mol. The van der Waals surface area contributed by atoms with Gasteiger partial charge in [-0.05, 0) is 24.3 Å². The standard InChI is InChI=1S/C15H17N5O4S2/c1-2-7-20-12(16)8-13(21)19-15(20)25-9-14(22)18-10-3-5-11(6-4-10)26(17,23)24/h2-6,8H,1,7,9,16H2,(H,18,22)(H2,17,23,24). The van der Waals surface area contributed by atoms with Crippen LogP contribution in [0.15, 0.2) is 57.8 Å². The average molecular weight is 395 g/mol. The van der Waals surface area contributed by atoms with Crippen LogP contribution in [0.5, 0.6) is 0 Å². The molecule has 1 heterocycles. The number of nitrogens with one attached hydrogen (secondary N) is 1. The Hall–Kier alpha value is -2.63. The molecule has 0 aliphatic rings. The van der Waals surface area contributed by atoms with Gasteiger partial charge in [-0.1, -0.05) is 17.8 Å². The number of nitrogen functional groups attached to an aromatic ring is 1. The van der Waals surface area contributed by atoms with E-state index in [2.05, 4.69) is 16.9 Å². The number of aromatic nitrogens is 2. The molecule has 0 radical (unpaired) electrons. The number of hydrogen-bond donors (Lipinski definition) is 3. The largest absolute Gasteiger partial charge is 0.385 e. The Bertz CT molecular complexity index is 984. The summed E-state index contributed by atoms with van der Waals surface area (Å²) >= 11 is 1.05. The van der Waals surface area contributed by atoms with E-state index in [1.165, 1.54) is 30.3 Å². The van der Waals surface area contributed by atoms with Gasteiger partial charge in [0.2, 0.25) is 15.9 Å². The molecule has 0 aliphatic heterocycles. The van der Waals surface area contributed by atoms with E-state index in [1.807, 2.05) is 0 Å². The van der Waals surface area contributed by atoms with Crippen LogP contribution in [0.1, 0.15) is 0 Å². The van der Waals surface area contributed by atoms with Crippen LogP contribution in [0.2, 0.25) is 0 Å². The predicted octanol–water partition coefficient (Wildman–Crippen LogP) is 0.390. The van der Waals surface area contributed by atoms with E-state index in [1.54, 1.807) is 10.6 Å². The fourth-order valence-electron chi connectivity index (χ4n) is 1.98. The van der Waals surface area contributed by atoms with Gasteiger partial charge >= 0.3 is 0 Å². The van der Waals surface area contributed by atoms with E-state index in [9.17, 15) is 18.0 Å². The number of allylic oxidation sites excluding steroid dienone is 1. The lowest BCUT2D eigenvalue weighted by Crippen LogP contribution is -2.19. The van der Waals surface area contributed by atoms with Gasteiger partial charge in [0, 0.05) is 18.3 Å². The summed E-state index contributed by atoms with van der Waals surface area (Å²) in [6.45, 7) is 3.96. The van der Waals surface area contributed by atoms with E-state index in [0.717, 1.165) is 11.8 Å². The van der Waals surface area contributed by atoms with E-state index < -0.39 is 15.6 Å². The summed E-state index contributed by atoms with van der Waals surface area (Å²) in [6.07, 6.45) is 1.60. The SMILES string of the molecule is C=CCn1c(N)cc(=O)nc1SCC(=O)Nc1ccc(S(N)(=O)=O)cc1. The third kappa shape index (κ3) is 5.18. The number of amides is 1. The summed E-state index contributed by atoms with van der Waals surface area (Å²) in [4.78, 5) is 27.4. The van der Waals surface area contributed by atoms with Gasteiger partial charge in [0.1, 0.15) is 5.82 Å². The zero-order chi connectivity index (χ0) is 19.3. The van der Waals surface area contributed by atoms with Crippen LogP contribution in [0.4, 0.5) is 11.5 Å². The maximum absolute atomic E-state index is 12.1. The molecule has 26 heavy (non-hydrogen) atoms. The number of nitrogens with two attached hydrogens (primary N) is 2. The molecule has 0 fully saturated rings. The van der Waals surface area contributed by atoms with Gasteiger partial charge in [-0.3, -0.25) is 9.59 Å². The molecule has 2 rings (SSSR count). The van der Waals surface area contributed by atoms with Crippen molar-refractivity contribution in [1.82, 2.24) is 9.55 Å². The summed E-state index contributed by atoms with van der Waals surface area (Å²) in [5, 5.41) is 7.92. The highest BCUT2D eigenvalue weighted by molar-refractivity contribution is 7.99. The molecule has 0 aliphatic carbocycles. The van der Waals surface area contributed by atoms with Crippen molar-refractivity contribution in [2.45, 2.75) is 16.6 Å². The van der Waals surface area contributed by atoms with Crippen LogP contribution in [-0.4, -0.2) is 29.6 Å². The number of rotatable bonds is 7. The van der Waals surface area contributed by atoms with Crippen molar-refractivity contribution >= 4 is 39.2 Å². The summed E-state index contributed by atoms with van der Waals surface area (Å²) in [6, 6.07) is 6.63. The van der Waals surface area contributed by atoms with Crippen molar-refractivity contribution in [3.05, 3.63) is 53.3 Å². The summed E-state index contributed by atoms with van der Waals surface area (Å²) < 4.78 is 24.0. The van der Waals surface area contributed by atoms with E-state index >= 15 is 0 Å². The molecule has 11 heteroatoms. The van der Waals surface area contributed by atoms with Crippen LogP contribution >= 0.6 is 11.8 Å². The first-order chi connectivity index (χ1) is 12.2. The number of carbonyl (C=O) groups is 1. The molecule has 0 saturated heterocycles. The maximum Gasteiger partial charge on any atom is 0.275 e. The zero-order valence-corrected chi connectivity index (χ0v) is 15.2. The highest BCUT2D eigenvalue weighted by Crippen LogP contribution is 2.18. The third-order valence-electron chi connectivity index (χ3n) is 3.13. The highest BCUT2D eigenvalue weighted by atomic mass is 32.2. The van der Waals surface area contributed by atoms with Gasteiger partial charge in [-0.2, -0.15) is 4.98 Å². The molecular weight excluding hydrogens is 378 g/mol. The van der Waals surface area contributed by atoms with Crippen molar-refractivity contribution in [3.8, 4) is 0 Å². The molecular formula is C15H17N5O4S2. The number of primary sulfonamides is 1. The molecule has 1 amide bonds. The molecule has 1 aromatic heterocycles. The quantitative estimate of drug-likeness (QED) is 0.348. The van der Waals surface area contributed by atoms with Crippen LogP contribution in [0.3, 0.4) is 0 Å². The van der Waals surface area contributed by atoms with Crippen molar-refractivity contribution in [1.29, 1.82) is 0 Å². The summed E-state index contributed by atoms with van der Waals surface area (Å²) in [7, 11) is -3.79. The predicted molar refractivity (Wildman–Crippen MR) is 100 cm³/mol. The molecule has 0 bridgehead atoms. The average Bonchev–Trinajstić information content (AvgIpc) is 2.55. The number of carbonyl (C=O) groups excluding carboxylic acids is 1. The first-order valence-corrected chi connectivity index (χ1v) is 9.77. The Kier molecular flexibility index (Phi) is 6.18. The second-order valence-corrected chi connectivity index (χ2v) is 7.61. The van der Waals surface area contributed by atoms with Crippen LogP contribution in [0, 0.1) is 0 Å². The van der Waals surface area contributed by atoms with E-state index in [-0.39, 0.29) is 22.4 Å². The smallest absolute Gasteiger partial charge is 0.275 e. The molecule has 0 spiro atoms. The Morgan fingerprint density at radius 1 is 1.35 bits per heavy atom. The fraction of sp³-hybridized carbons (Fsp3) is 0.133. The van der Waals surface area contributed by atoms with E-state index in [0.29, 0.717) is 17.4 Å². The van der Waals surface area contributed by atoms with Crippen molar-refractivity contribution in [2.24, 2.45) is 5.14 Å². The molecule has 138 valence electrons. The number of thioether (sulfide) groups is 1. The Balaban J connectivity index is 2.05. The topological polar surface area (TPSA) is 150 Å². The second-order valence-electron chi connectivity index (χ2n) is 5.11. The van der Waals surface area contributed by atoms with Gasteiger partial charge in [0.25, 0.3) is 5.56 Å². The molecule has 0 saturated carbocycles. The normalized spacial score (nSPS) is 11.1. The fourth-order valence-corrected chi connectivity index (χ4v) is 3.32. The Labute approximate surface area is 154 Å². The lowest BCUT2D eigenvalue weighted by Gasteiger charge is -2.12. The first kappa shape index (κ1) is 19.7. The van der Waals surface area contributed by atoms with Crippen molar-refractivity contribution < 1.29 is 13.2 Å². The molecule has 0 atom stereocenters. The summed E-state index contributed by atoms with van der Waals surface area (Å²) in [5.41, 5.74) is 5.70. The molecule has 5 N–H and O–H groups in total. The number of nitrogens with zero attached hydrogens (tertiary/aromatic N) is 2. The van der Waals surface area contributed by atoms with E-state index in [4.69, 9.17) is 10.9 Å². The minimum Gasteiger partial charge on any atom is -0.385 e. The molecule has 2 aromatic rings. The van der Waals surface area contributed by atoms with Crippen LogP contribution < -0.4 is 21.7 Å². The number of benzene rings is 1. The summed E-state index contributed by atoms with van der Waals surface area (Å²) in [5.74, 6) is -0.157. The lowest BCUT2D eigenvalue weighted by molar-refractivity contribution is -0.113. The van der Waals surface area contributed by atoms with Crippen molar-refractivity contribution in [3.63, 3.8) is 0 Å². The maximum atomic E-state index is 12.1. The second kappa shape index (κ2) is 8.17. The Morgan fingerprint density at radius 2 is 2.00 bits per heavy atom. The molecule has 1 aromatic carbocycles. The molecule has 9 nitrogen and oxygen atoms in total. The number of anilines is 2. The minimum absolute atomic E-state index is 0.0238. The number of hydrogen-bond acceptors (Lipinski definition) is 7. The molecule has 0 unspecified atom stereocenters. The number of sulfonamides is 1. The van der Waals surface area contributed by atoms with Gasteiger partial charge in [0.15, 0.2) is 5.16 Å². The van der Waals surface area contributed by atoms with Crippen LogP contribution in [0.25, 0.3) is 0 Å². The first-order valence-electron chi connectivity index (χ1n) is 7.24. The Morgan fingerprint density at radius 3 is 2.58 bits per heavy atom. The highest BCUT2D eigenvalue weighted by Gasteiger charge is 2.11.